The van der Waals surface area contributed by atoms with Crippen molar-refractivity contribution < 1.29 is 13.6 Å². The van der Waals surface area contributed by atoms with Crippen LogP contribution in [0, 0.1) is 17.3 Å². The first-order chi connectivity index (χ1) is 5.37. The number of carbonyl (C=O) groups is 1. The van der Waals surface area contributed by atoms with Gasteiger partial charge in [-0.2, -0.15) is 8.78 Å². The van der Waals surface area contributed by atoms with Gasteiger partial charge in [-0.25, -0.2) is 0 Å². The van der Waals surface area contributed by atoms with Crippen LogP contribution in [-0.2, 0) is 4.79 Å². The van der Waals surface area contributed by atoms with Crippen molar-refractivity contribution >= 4 is 5.78 Å². The highest BCUT2D eigenvalue weighted by atomic mass is 19.3. The van der Waals surface area contributed by atoms with Crippen molar-refractivity contribution in [1.82, 2.24) is 0 Å². The van der Waals surface area contributed by atoms with E-state index in [1.807, 2.05) is 13.8 Å². The fourth-order valence-electron chi connectivity index (χ4n) is 1.90. The molecule has 0 radical (unpaired) electrons. The Balaban J connectivity index is 2.73. The average Bonchev–Trinajstić information content (AvgIpc) is 2.32. The Bertz CT molecular complexity index is 239. The van der Waals surface area contributed by atoms with Crippen molar-refractivity contribution in [2.75, 3.05) is 0 Å². The monoisotopic (exact) mass is 174 g/mol. The normalized spacial score (nSPS) is 31.1. The average molecular weight is 174 g/mol. The standard InChI is InChI=1S/C9H12F2O/c1-5(12)8-6(4-7(10)11)9(8,2)3/h4,6,8H,1-3H3. The molecule has 0 N–H and O–H groups in total. The van der Waals surface area contributed by atoms with Gasteiger partial charge in [-0.15, -0.1) is 0 Å². The third kappa shape index (κ3) is 1.40. The third-order valence-corrected chi connectivity index (χ3v) is 2.65. The van der Waals surface area contributed by atoms with E-state index >= 15 is 0 Å². The van der Waals surface area contributed by atoms with Gasteiger partial charge in [0.1, 0.15) is 5.78 Å². The lowest BCUT2D eigenvalue weighted by Crippen LogP contribution is -1.99. The molecule has 2 atom stereocenters. The molecule has 3 heteroatoms. The second-order valence-corrected chi connectivity index (χ2v) is 3.89. The van der Waals surface area contributed by atoms with E-state index < -0.39 is 6.08 Å². The second kappa shape index (κ2) is 2.64. The lowest BCUT2D eigenvalue weighted by atomic mass is 10.1. The van der Waals surface area contributed by atoms with Crippen molar-refractivity contribution in [3.05, 3.63) is 12.2 Å². The van der Waals surface area contributed by atoms with Crippen molar-refractivity contribution in [1.29, 1.82) is 0 Å². The van der Waals surface area contributed by atoms with Gasteiger partial charge in [-0.3, -0.25) is 4.79 Å². The number of Topliss-reactive ketones (excluding diaryl/α,β-unsaturated/α-hetero) is 1. The van der Waals surface area contributed by atoms with Gasteiger partial charge in [0.25, 0.3) is 6.08 Å². The first kappa shape index (κ1) is 9.36. The summed E-state index contributed by atoms with van der Waals surface area (Å²) in [4.78, 5) is 10.9. The molecule has 0 saturated heterocycles. The maximum absolute atomic E-state index is 11.9. The third-order valence-electron chi connectivity index (χ3n) is 2.65. The number of hydrogen-bond donors (Lipinski definition) is 0. The molecule has 0 aliphatic heterocycles. The highest BCUT2D eigenvalue weighted by Gasteiger charge is 2.59. The molecule has 0 amide bonds. The first-order valence-corrected chi connectivity index (χ1v) is 3.90. The molecule has 1 rings (SSSR count). The van der Waals surface area contributed by atoms with E-state index in [1.54, 1.807) is 0 Å². The number of ketones is 1. The summed E-state index contributed by atoms with van der Waals surface area (Å²) in [5, 5.41) is 0. The molecule has 1 aliphatic rings. The van der Waals surface area contributed by atoms with Gasteiger partial charge < -0.3 is 0 Å². The highest BCUT2D eigenvalue weighted by molar-refractivity contribution is 5.83. The molecular weight excluding hydrogens is 162 g/mol. The molecule has 1 saturated carbocycles. The van der Waals surface area contributed by atoms with E-state index in [9.17, 15) is 13.6 Å². The lowest BCUT2D eigenvalue weighted by Gasteiger charge is -1.96. The molecule has 1 fully saturated rings. The zero-order valence-corrected chi connectivity index (χ0v) is 7.40. The summed E-state index contributed by atoms with van der Waals surface area (Å²) < 4.78 is 23.7. The number of halogens is 2. The highest BCUT2D eigenvalue weighted by Crippen LogP contribution is 2.59. The number of rotatable bonds is 2. The lowest BCUT2D eigenvalue weighted by molar-refractivity contribution is -0.118. The van der Waals surface area contributed by atoms with E-state index in [0.29, 0.717) is 0 Å². The van der Waals surface area contributed by atoms with E-state index in [1.165, 1.54) is 6.92 Å². The Kier molecular flexibility index (Phi) is 2.06. The van der Waals surface area contributed by atoms with Crippen LogP contribution in [0.25, 0.3) is 0 Å². The minimum Gasteiger partial charge on any atom is -0.300 e. The van der Waals surface area contributed by atoms with Gasteiger partial charge in [0, 0.05) is 5.92 Å². The van der Waals surface area contributed by atoms with E-state index in [-0.39, 0.29) is 23.0 Å². The summed E-state index contributed by atoms with van der Waals surface area (Å²) >= 11 is 0. The van der Waals surface area contributed by atoms with Crippen molar-refractivity contribution in [2.45, 2.75) is 20.8 Å². The van der Waals surface area contributed by atoms with Crippen LogP contribution < -0.4 is 0 Å². The molecule has 0 heterocycles. The predicted octanol–water partition coefficient (Wildman–Crippen LogP) is 2.63. The quantitative estimate of drug-likeness (QED) is 0.629. The van der Waals surface area contributed by atoms with Crippen molar-refractivity contribution in [3.63, 3.8) is 0 Å². The van der Waals surface area contributed by atoms with Gasteiger partial charge in [0.2, 0.25) is 0 Å². The Labute approximate surface area is 70.5 Å². The van der Waals surface area contributed by atoms with Crippen LogP contribution in [0.3, 0.4) is 0 Å². The molecular formula is C9H12F2O. The van der Waals surface area contributed by atoms with Gasteiger partial charge in [-0.1, -0.05) is 13.8 Å². The maximum Gasteiger partial charge on any atom is 0.266 e. The molecule has 68 valence electrons. The number of carbonyl (C=O) groups excluding carboxylic acids is 1. The maximum atomic E-state index is 11.9. The fourth-order valence-corrected chi connectivity index (χ4v) is 1.90. The Morgan fingerprint density at radius 1 is 1.42 bits per heavy atom. The Hall–Kier alpha value is -0.730. The summed E-state index contributed by atoms with van der Waals surface area (Å²) in [6.45, 7) is 5.13. The minimum atomic E-state index is -1.68. The summed E-state index contributed by atoms with van der Waals surface area (Å²) in [6, 6.07) is 0. The van der Waals surface area contributed by atoms with Crippen LogP contribution in [0.15, 0.2) is 12.2 Å². The summed E-state index contributed by atoms with van der Waals surface area (Å²) in [6.07, 6.45) is -0.789. The molecule has 0 aromatic rings. The summed E-state index contributed by atoms with van der Waals surface area (Å²) in [7, 11) is 0. The SMILES string of the molecule is CC(=O)C1C(C=C(F)F)C1(C)C. The zero-order valence-electron chi connectivity index (χ0n) is 7.40. The van der Waals surface area contributed by atoms with Gasteiger partial charge in [0.15, 0.2) is 0 Å². The van der Waals surface area contributed by atoms with Gasteiger partial charge >= 0.3 is 0 Å². The zero-order chi connectivity index (χ0) is 9.52. The van der Waals surface area contributed by atoms with Gasteiger partial charge in [0.05, 0.1) is 0 Å². The summed E-state index contributed by atoms with van der Waals surface area (Å²) in [5.41, 5.74) is -0.269. The second-order valence-electron chi connectivity index (χ2n) is 3.89. The van der Waals surface area contributed by atoms with E-state index in [2.05, 4.69) is 0 Å². The van der Waals surface area contributed by atoms with Crippen LogP contribution >= 0.6 is 0 Å². The molecule has 0 aromatic carbocycles. The molecule has 1 aliphatic carbocycles. The minimum absolute atomic E-state index is 0.00231. The fraction of sp³-hybridized carbons (Fsp3) is 0.667. The van der Waals surface area contributed by atoms with E-state index in [4.69, 9.17) is 0 Å². The largest absolute Gasteiger partial charge is 0.300 e. The topological polar surface area (TPSA) is 17.1 Å². The summed E-state index contributed by atoms with van der Waals surface area (Å²) in [5.74, 6) is -0.471. The van der Waals surface area contributed by atoms with Crippen LogP contribution in [-0.4, -0.2) is 5.78 Å². The van der Waals surface area contributed by atoms with Crippen molar-refractivity contribution in [3.8, 4) is 0 Å². The molecule has 1 nitrogen and oxygen atoms in total. The smallest absolute Gasteiger partial charge is 0.266 e. The molecule has 0 spiro atoms. The van der Waals surface area contributed by atoms with Gasteiger partial charge in [-0.05, 0) is 24.3 Å². The van der Waals surface area contributed by atoms with Crippen LogP contribution in [0.4, 0.5) is 8.78 Å². The van der Waals surface area contributed by atoms with Crippen molar-refractivity contribution in [2.24, 2.45) is 17.3 Å². The Morgan fingerprint density at radius 2 is 1.92 bits per heavy atom. The van der Waals surface area contributed by atoms with E-state index in [0.717, 1.165) is 6.08 Å². The molecule has 0 aromatic heterocycles. The molecule has 12 heavy (non-hydrogen) atoms. The van der Waals surface area contributed by atoms with Crippen LogP contribution in [0.2, 0.25) is 0 Å². The number of allylic oxidation sites excluding steroid dienone is 1. The van der Waals surface area contributed by atoms with Crippen LogP contribution in [0.5, 0.6) is 0 Å². The number of hydrogen-bond acceptors (Lipinski definition) is 1. The molecule has 0 bridgehead atoms. The Morgan fingerprint density at radius 3 is 2.17 bits per heavy atom. The van der Waals surface area contributed by atoms with Crippen LogP contribution in [0.1, 0.15) is 20.8 Å². The molecule has 2 unspecified atom stereocenters. The first-order valence-electron chi connectivity index (χ1n) is 3.90. The predicted molar refractivity (Wildman–Crippen MR) is 41.7 cm³/mol.